The fraction of sp³-hybridized carbons (Fsp3) is 0.136. The van der Waals surface area contributed by atoms with Crippen molar-refractivity contribution in [3.05, 3.63) is 88.7 Å². The van der Waals surface area contributed by atoms with Gasteiger partial charge < -0.3 is 10.6 Å². The number of anilines is 2. The lowest BCUT2D eigenvalue weighted by Gasteiger charge is -2.10. The molecule has 27 heavy (non-hydrogen) atoms. The number of aryl methyl sites for hydroxylation is 3. The average Bonchev–Trinajstić information content (AvgIpc) is 2.65. The van der Waals surface area contributed by atoms with E-state index in [2.05, 4.69) is 15.6 Å². The van der Waals surface area contributed by atoms with E-state index in [-0.39, 0.29) is 11.8 Å². The molecule has 136 valence electrons. The molecule has 0 aliphatic carbocycles. The molecule has 0 aliphatic rings. The first-order chi connectivity index (χ1) is 12.9. The van der Waals surface area contributed by atoms with Crippen LogP contribution in [0.15, 0.2) is 60.9 Å². The van der Waals surface area contributed by atoms with Crippen LogP contribution >= 0.6 is 0 Å². The maximum absolute atomic E-state index is 12.6. The van der Waals surface area contributed by atoms with Gasteiger partial charge >= 0.3 is 0 Å². The molecule has 1 aromatic heterocycles. The number of rotatable bonds is 4. The van der Waals surface area contributed by atoms with Gasteiger partial charge in [-0.1, -0.05) is 24.3 Å². The summed E-state index contributed by atoms with van der Waals surface area (Å²) in [6, 6.07) is 14.9. The van der Waals surface area contributed by atoms with Crippen LogP contribution in [-0.4, -0.2) is 16.8 Å². The van der Waals surface area contributed by atoms with Crippen molar-refractivity contribution >= 4 is 23.2 Å². The third kappa shape index (κ3) is 4.58. The molecule has 0 unspecified atom stereocenters. The number of benzene rings is 2. The van der Waals surface area contributed by atoms with Crippen molar-refractivity contribution in [2.75, 3.05) is 10.6 Å². The van der Waals surface area contributed by atoms with Crippen molar-refractivity contribution in [1.29, 1.82) is 0 Å². The molecule has 0 saturated carbocycles. The molecular formula is C22H21N3O2. The topological polar surface area (TPSA) is 71.1 Å². The van der Waals surface area contributed by atoms with Gasteiger partial charge in [0.25, 0.3) is 11.8 Å². The van der Waals surface area contributed by atoms with E-state index in [0.29, 0.717) is 16.8 Å². The Hall–Kier alpha value is -3.47. The fourth-order valence-corrected chi connectivity index (χ4v) is 2.68. The molecule has 1 heterocycles. The maximum Gasteiger partial charge on any atom is 0.257 e. The summed E-state index contributed by atoms with van der Waals surface area (Å²) in [6.07, 6.45) is 2.89. The minimum Gasteiger partial charge on any atom is -0.322 e. The van der Waals surface area contributed by atoms with Crippen molar-refractivity contribution in [3.63, 3.8) is 0 Å². The van der Waals surface area contributed by atoms with Crippen LogP contribution in [0.1, 0.15) is 37.4 Å². The summed E-state index contributed by atoms with van der Waals surface area (Å²) in [7, 11) is 0. The van der Waals surface area contributed by atoms with Crippen molar-refractivity contribution < 1.29 is 9.59 Å². The second-order valence-corrected chi connectivity index (χ2v) is 6.56. The molecule has 0 bridgehead atoms. The van der Waals surface area contributed by atoms with Gasteiger partial charge in [0.1, 0.15) is 0 Å². The third-order valence-electron chi connectivity index (χ3n) is 4.18. The number of pyridine rings is 1. The number of nitrogens with zero attached hydrogens (tertiary/aromatic N) is 1. The van der Waals surface area contributed by atoms with E-state index in [1.165, 1.54) is 12.4 Å². The van der Waals surface area contributed by atoms with Crippen LogP contribution in [0.25, 0.3) is 0 Å². The highest BCUT2D eigenvalue weighted by Crippen LogP contribution is 2.18. The second-order valence-electron chi connectivity index (χ2n) is 6.56. The molecular weight excluding hydrogens is 338 g/mol. The van der Waals surface area contributed by atoms with Crippen molar-refractivity contribution in [1.82, 2.24) is 4.98 Å². The highest BCUT2D eigenvalue weighted by atomic mass is 16.2. The number of hydrogen-bond acceptors (Lipinski definition) is 3. The maximum atomic E-state index is 12.6. The first kappa shape index (κ1) is 18.3. The van der Waals surface area contributed by atoms with Gasteiger partial charge in [-0.05, 0) is 61.7 Å². The van der Waals surface area contributed by atoms with Crippen LogP contribution in [0.3, 0.4) is 0 Å². The summed E-state index contributed by atoms with van der Waals surface area (Å²) in [5, 5.41) is 5.70. The predicted molar refractivity (Wildman–Crippen MR) is 107 cm³/mol. The van der Waals surface area contributed by atoms with Crippen molar-refractivity contribution in [2.45, 2.75) is 20.8 Å². The van der Waals surface area contributed by atoms with Crippen LogP contribution < -0.4 is 10.6 Å². The van der Waals surface area contributed by atoms with Crippen molar-refractivity contribution in [3.8, 4) is 0 Å². The van der Waals surface area contributed by atoms with Gasteiger partial charge in [-0.15, -0.1) is 0 Å². The Labute approximate surface area is 158 Å². The molecule has 3 rings (SSSR count). The highest BCUT2D eigenvalue weighted by molar-refractivity contribution is 6.08. The Kier molecular flexibility index (Phi) is 5.31. The Morgan fingerprint density at radius 3 is 2.15 bits per heavy atom. The van der Waals surface area contributed by atoms with Crippen LogP contribution in [0.4, 0.5) is 11.4 Å². The number of aromatic nitrogens is 1. The number of nitrogens with one attached hydrogen (secondary N) is 2. The smallest absolute Gasteiger partial charge is 0.257 e. The Morgan fingerprint density at radius 2 is 1.44 bits per heavy atom. The monoisotopic (exact) mass is 359 g/mol. The zero-order chi connectivity index (χ0) is 19.4. The molecule has 0 spiro atoms. The van der Waals surface area contributed by atoms with Crippen LogP contribution in [0, 0.1) is 20.8 Å². The quantitative estimate of drug-likeness (QED) is 0.720. The minimum absolute atomic E-state index is 0.304. The summed E-state index contributed by atoms with van der Waals surface area (Å²) in [6.45, 7) is 5.85. The van der Waals surface area contributed by atoms with Gasteiger partial charge in [0.15, 0.2) is 0 Å². The Balaban J connectivity index is 1.77. The van der Waals surface area contributed by atoms with E-state index in [9.17, 15) is 9.59 Å². The van der Waals surface area contributed by atoms with Crippen LogP contribution in [-0.2, 0) is 0 Å². The van der Waals surface area contributed by atoms with Crippen LogP contribution in [0.2, 0.25) is 0 Å². The molecule has 3 aromatic rings. The zero-order valence-corrected chi connectivity index (χ0v) is 15.5. The molecule has 2 amide bonds. The standard InChI is InChI=1S/C22H21N3O2/c1-14-5-4-6-19(9-14)24-21(26)17-11-18(13-23-12-17)22(27)25-20-10-15(2)7-8-16(20)3/h4-13H,1-3H3,(H,24,26)(H,25,27). The number of hydrogen-bond donors (Lipinski definition) is 2. The minimum atomic E-state index is -0.311. The summed E-state index contributed by atoms with van der Waals surface area (Å²) in [4.78, 5) is 29.1. The van der Waals surface area contributed by atoms with Gasteiger partial charge in [0.2, 0.25) is 0 Å². The van der Waals surface area contributed by atoms with Gasteiger partial charge in [0.05, 0.1) is 11.1 Å². The molecule has 5 nitrogen and oxygen atoms in total. The fourth-order valence-electron chi connectivity index (χ4n) is 2.68. The van der Waals surface area contributed by atoms with Crippen molar-refractivity contribution in [2.24, 2.45) is 0 Å². The van der Waals surface area contributed by atoms with E-state index in [4.69, 9.17) is 0 Å². The lowest BCUT2D eigenvalue weighted by Crippen LogP contribution is -2.16. The van der Waals surface area contributed by atoms with E-state index < -0.39 is 0 Å². The van der Waals surface area contributed by atoms with E-state index in [1.54, 1.807) is 6.07 Å². The average molecular weight is 359 g/mol. The van der Waals surface area contributed by atoms with E-state index >= 15 is 0 Å². The Bertz CT molecular complexity index is 1010. The normalized spacial score (nSPS) is 10.3. The summed E-state index contributed by atoms with van der Waals surface area (Å²) < 4.78 is 0. The molecule has 2 aromatic carbocycles. The van der Waals surface area contributed by atoms with Gasteiger partial charge in [-0.3, -0.25) is 14.6 Å². The van der Waals surface area contributed by atoms with E-state index in [0.717, 1.165) is 22.4 Å². The summed E-state index contributed by atoms with van der Waals surface area (Å²) in [5.41, 5.74) is 5.17. The lowest BCUT2D eigenvalue weighted by atomic mass is 10.1. The highest BCUT2D eigenvalue weighted by Gasteiger charge is 2.13. The lowest BCUT2D eigenvalue weighted by molar-refractivity contribution is 0.102. The molecule has 2 N–H and O–H groups in total. The predicted octanol–water partition coefficient (Wildman–Crippen LogP) is 4.51. The SMILES string of the molecule is Cc1cccc(NC(=O)c2cncc(C(=O)Nc3cc(C)ccc3C)c2)c1. The summed E-state index contributed by atoms with van der Waals surface area (Å²) >= 11 is 0. The Morgan fingerprint density at radius 1 is 0.778 bits per heavy atom. The number of carbonyl (C=O) groups is 2. The first-order valence-electron chi connectivity index (χ1n) is 8.64. The molecule has 0 atom stereocenters. The second kappa shape index (κ2) is 7.83. The van der Waals surface area contributed by atoms with Gasteiger partial charge in [-0.25, -0.2) is 0 Å². The number of carbonyl (C=O) groups excluding carboxylic acids is 2. The summed E-state index contributed by atoms with van der Waals surface area (Å²) in [5.74, 6) is -0.615. The van der Waals surface area contributed by atoms with E-state index in [1.807, 2.05) is 63.2 Å². The molecule has 5 heteroatoms. The largest absolute Gasteiger partial charge is 0.322 e. The molecule has 0 saturated heterocycles. The molecule has 0 aliphatic heterocycles. The third-order valence-corrected chi connectivity index (χ3v) is 4.18. The zero-order valence-electron chi connectivity index (χ0n) is 15.5. The van der Waals surface area contributed by atoms with Gasteiger partial charge in [0, 0.05) is 23.8 Å². The molecule has 0 fully saturated rings. The molecule has 0 radical (unpaired) electrons. The van der Waals surface area contributed by atoms with Crippen LogP contribution in [0.5, 0.6) is 0 Å². The number of amides is 2. The first-order valence-corrected chi connectivity index (χ1v) is 8.64. The van der Waals surface area contributed by atoms with Gasteiger partial charge in [-0.2, -0.15) is 0 Å².